The van der Waals surface area contributed by atoms with Gasteiger partial charge in [-0.1, -0.05) is 37.3 Å². The zero-order valence-electron chi connectivity index (χ0n) is 19.7. The van der Waals surface area contributed by atoms with Gasteiger partial charge in [-0.05, 0) is 42.2 Å². The molecule has 1 fully saturated rings. The van der Waals surface area contributed by atoms with E-state index in [0.717, 1.165) is 56.1 Å². The summed E-state index contributed by atoms with van der Waals surface area (Å²) in [6, 6.07) is 14.6. The molecule has 176 valence electrons. The molecule has 0 spiro atoms. The van der Waals surface area contributed by atoms with Crippen LogP contribution in [0.25, 0.3) is 10.9 Å². The summed E-state index contributed by atoms with van der Waals surface area (Å²) in [6.45, 7) is 9.70. The van der Waals surface area contributed by atoms with Gasteiger partial charge in [-0.25, -0.2) is 0 Å². The van der Waals surface area contributed by atoms with Gasteiger partial charge in [0.2, 0.25) is 5.91 Å². The van der Waals surface area contributed by atoms with Gasteiger partial charge in [0.15, 0.2) is 0 Å². The fraction of sp³-hybridized carbons (Fsp3) is 0.444. The van der Waals surface area contributed by atoms with Gasteiger partial charge in [-0.2, -0.15) is 0 Å². The van der Waals surface area contributed by atoms with Gasteiger partial charge in [-0.3, -0.25) is 9.69 Å². The number of rotatable bonds is 10. The predicted molar refractivity (Wildman–Crippen MR) is 132 cm³/mol. The van der Waals surface area contributed by atoms with E-state index < -0.39 is 0 Å². The van der Waals surface area contributed by atoms with Crippen LogP contribution in [0.1, 0.15) is 42.9 Å². The third-order valence-electron chi connectivity index (χ3n) is 6.43. The van der Waals surface area contributed by atoms with Gasteiger partial charge in [-0.15, -0.1) is 0 Å². The normalized spacial score (nSPS) is 15.5. The lowest BCUT2D eigenvalue weighted by atomic mass is 9.87. The number of para-hydroxylation sites is 1. The Hall–Kier alpha value is -2.83. The number of aromatic nitrogens is 1. The van der Waals surface area contributed by atoms with Crippen LogP contribution in [0.5, 0.6) is 5.75 Å². The molecule has 0 unspecified atom stereocenters. The van der Waals surface area contributed by atoms with Gasteiger partial charge in [0, 0.05) is 55.6 Å². The highest BCUT2D eigenvalue weighted by atomic mass is 16.5. The summed E-state index contributed by atoms with van der Waals surface area (Å²) in [6.07, 6.45) is 3.44. The summed E-state index contributed by atoms with van der Waals surface area (Å²) < 4.78 is 11.0. The lowest BCUT2D eigenvalue weighted by molar-refractivity contribution is -0.121. The fourth-order valence-electron chi connectivity index (χ4n) is 4.63. The molecule has 0 saturated carbocycles. The highest BCUT2D eigenvalue weighted by Crippen LogP contribution is 2.35. The zero-order valence-corrected chi connectivity index (χ0v) is 19.7. The van der Waals surface area contributed by atoms with E-state index in [1.807, 2.05) is 19.1 Å². The quantitative estimate of drug-likeness (QED) is 0.489. The summed E-state index contributed by atoms with van der Waals surface area (Å²) in [4.78, 5) is 18.8. The number of morpholine rings is 1. The summed E-state index contributed by atoms with van der Waals surface area (Å²) in [5.41, 5.74) is 4.73. The Morgan fingerprint density at radius 3 is 2.67 bits per heavy atom. The van der Waals surface area contributed by atoms with E-state index in [4.69, 9.17) is 9.47 Å². The van der Waals surface area contributed by atoms with Crippen LogP contribution in [-0.2, 0) is 16.0 Å². The van der Waals surface area contributed by atoms with E-state index in [1.165, 1.54) is 16.5 Å². The monoisotopic (exact) mass is 449 g/mol. The number of ether oxygens (including phenoxy) is 2. The van der Waals surface area contributed by atoms with E-state index in [2.05, 4.69) is 58.7 Å². The molecule has 0 aliphatic carbocycles. The Labute approximate surface area is 196 Å². The van der Waals surface area contributed by atoms with Crippen LogP contribution in [0, 0.1) is 0 Å². The van der Waals surface area contributed by atoms with E-state index in [9.17, 15) is 4.79 Å². The van der Waals surface area contributed by atoms with Crippen LogP contribution in [-0.4, -0.2) is 61.8 Å². The Morgan fingerprint density at radius 2 is 1.94 bits per heavy atom. The Bertz CT molecular complexity index is 1040. The molecular weight excluding hydrogens is 414 g/mol. The van der Waals surface area contributed by atoms with Crippen LogP contribution in [0.3, 0.4) is 0 Å². The molecule has 1 aromatic heterocycles. The van der Waals surface area contributed by atoms with Crippen molar-refractivity contribution in [2.45, 2.75) is 32.6 Å². The standard InChI is InChI=1S/C27H35N3O3/c1-3-20-6-5-7-23-25(19-29-27(20)23)24(21-8-10-22(11-9-21)33-4-2)18-26(31)28-12-13-30-14-16-32-17-15-30/h5-11,19,24,29H,3-4,12-18H2,1-2H3,(H,28,31)/t24-/m1/s1. The number of nitrogens with zero attached hydrogens (tertiary/aromatic N) is 1. The Morgan fingerprint density at radius 1 is 1.15 bits per heavy atom. The molecule has 2 N–H and O–H groups in total. The number of fused-ring (bicyclic) bond motifs is 1. The zero-order chi connectivity index (χ0) is 23.0. The maximum Gasteiger partial charge on any atom is 0.220 e. The van der Waals surface area contributed by atoms with Crippen LogP contribution < -0.4 is 10.1 Å². The van der Waals surface area contributed by atoms with Crippen molar-refractivity contribution in [3.05, 3.63) is 65.4 Å². The molecule has 1 amide bonds. The summed E-state index contributed by atoms with van der Waals surface area (Å²) >= 11 is 0. The van der Waals surface area contributed by atoms with E-state index in [-0.39, 0.29) is 11.8 Å². The molecule has 1 aliphatic heterocycles. The average Bonchev–Trinajstić information content (AvgIpc) is 3.28. The van der Waals surface area contributed by atoms with Crippen molar-refractivity contribution >= 4 is 16.8 Å². The molecule has 1 saturated heterocycles. The first-order valence-electron chi connectivity index (χ1n) is 12.1. The second kappa shape index (κ2) is 11.3. The highest BCUT2D eigenvalue weighted by Gasteiger charge is 2.22. The second-order valence-corrected chi connectivity index (χ2v) is 8.50. The van der Waals surface area contributed by atoms with Crippen molar-refractivity contribution in [1.29, 1.82) is 0 Å². The van der Waals surface area contributed by atoms with Crippen LogP contribution in [0.2, 0.25) is 0 Å². The van der Waals surface area contributed by atoms with Crippen molar-refractivity contribution in [1.82, 2.24) is 15.2 Å². The number of hydrogen-bond acceptors (Lipinski definition) is 4. The van der Waals surface area contributed by atoms with Crippen molar-refractivity contribution in [3.8, 4) is 5.75 Å². The first kappa shape index (κ1) is 23.3. The van der Waals surface area contributed by atoms with Gasteiger partial charge >= 0.3 is 0 Å². The molecule has 6 nitrogen and oxygen atoms in total. The highest BCUT2D eigenvalue weighted by molar-refractivity contribution is 5.88. The number of H-pyrrole nitrogens is 1. The molecule has 2 heterocycles. The molecule has 4 rings (SSSR count). The maximum atomic E-state index is 13.0. The molecule has 33 heavy (non-hydrogen) atoms. The molecule has 1 aliphatic rings. The molecular formula is C27H35N3O3. The van der Waals surface area contributed by atoms with E-state index in [0.29, 0.717) is 19.6 Å². The number of carbonyl (C=O) groups excluding carboxylic acids is 1. The smallest absolute Gasteiger partial charge is 0.220 e. The Kier molecular flexibility index (Phi) is 8.02. The van der Waals surface area contributed by atoms with Crippen molar-refractivity contribution in [3.63, 3.8) is 0 Å². The molecule has 0 radical (unpaired) electrons. The lowest BCUT2D eigenvalue weighted by Gasteiger charge is -2.26. The van der Waals surface area contributed by atoms with Crippen molar-refractivity contribution in [2.24, 2.45) is 0 Å². The van der Waals surface area contributed by atoms with E-state index >= 15 is 0 Å². The van der Waals surface area contributed by atoms with Crippen LogP contribution >= 0.6 is 0 Å². The van der Waals surface area contributed by atoms with Gasteiger partial charge in [0.05, 0.1) is 19.8 Å². The van der Waals surface area contributed by atoms with E-state index in [1.54, 1.807) is 0 Å². The molecule has 0 bridgehead atoms. The Balaban J connectivity index is 1.53. The minimum Gasteiger partial charge on any atom is -0.494 e. The van der Waals surface area contributed by atoms with Gasteiger partial charge in [0.25, 0.3) is 0 Å². The lowest BCUT2D eigenvalue weighted by Crippen LogP contribution is -2.41. The maximum absolute atomic E-state index is 13.0. The number of aromatic amines is 1. The largest absolute Gasteiger partial charge is 0.494 e. The fourth-order valence-corrected chi connectivity index (χ4v) is 4.63. The minimum absolute atomic E-state index is 0.0371. The number of aryl methyl sites for hydroxylation is 1. The molecule has 2 aromatic carbocycles. The number of nitrogens with one attached hydrogen (secondary N) is 2. The molecule has 6 heteroatoms. The third kappa shape index (κ3) is 5.75. The van der Waals surface area contributed by atoms with Crippen molar-refractivity contribution < 1.29 is 14.3 Å². The minimum atomic E-state index is -0.0371. The topological polar surface area (TPSA) is 66.6 Å². The summed E-state index contributed by atoms with van der Waals surface area (Å²) in [5.74, 6) is 0.884. The third-order valence-corrected chi connectivity index (χ3v) is 6.43. The van der Waals surface area contributed by atoms with Crippen LogP contribution in [0.15, 0.2) is 48.7 Å². The number of carbonyl (C=O) groups is 1. The predicted octanol–water partition coefficient (Wildman–Crippen LogP) is 4.10. The van der Waals surface area contributed by atoms with Gasteiger partial charge < -0.3 is 19.8 Å². The first-order valence-corrected chi connectivity index (χ1v) is 12.1. The van der Waals surface area contributed by atoms with Crippen LogP contribution in [0.4, 0.5) is 0 Å². The van der Waals surface area contributed by atoms with Crippen molar-refractivity contribution in [2.75, 3.05) is 46.0 Å². The second-order valence-electron chi connectivity index (χ2n) is 8.50. The number of amides is 1. The number of benzene rings is 2. The number of hydrogen-bond donors (Lipinski definition) is 2. The molecule has 3 aromatic rings. The average molecular weight is 450 g/mol. The molecule has 1 atom stereocenters. The van der Waals surface area contributed by atoms with Gasteiger partial charge in [0.1, 0.15) is 5.75 Å². The first-order chi connectivity index (χ1) is 16.2. The summed E-state index contributed by atoms with van der Waals surface area (Å²) in [7, 11) is 0. The SMILES string of the molecule is CCOc1ccc([C@@H](CC(=O)NCCN2CCOCC2)c2c[nH]c3c(CC)cccc23)cc1. The summed E-state index contributed by atoms with van der Waals surface area (Å²) in [5, 5.41) is 4.33.